The monoisotopic (exact) mass is 324 g/mol. The first-order chi connectivity index (χ1) is 11.6. The quantitative estimate of drug-likeness (QED) is 0.938. The number of benzene rings is 1. The number of hydrogen-bond acceptors (Lipinski definition) is 4. The Morgan fingerprint density at radius 1 is 1.12 bits per heavy atom. The summed E-state index contributed by atoms with van der Waals surface area (Å²) < 4.78 is 0. The van der Waals surface area contributed by atoms with Crippen LogP contribution >= 0.6 is 0 Å². The highest BCUT2D eigenvalue weighted by atomic mass is 16.1. The second-order valence-corrected chi connectivity index (χ2v) is 6.34. The zero-order valence-corrected chi connectivity index (χ0v) is 14.3. The van der Waals surface area contributed by atoms with Gasteiger partial charge in [-0.2, -0.15) is 0 Å². The first-order valence-electron chi connectivity index (χ1n) is 8.36. The average molecular weight is 324 g/mol. The summed E-state index contributed by atoms with van der Waals surface area (Å²) in [5.41, 5.74) is 3.29. The second-order valence-electron chi connectivity index (χ2n) is 6.34. The molecule has 24 heavy (non-hydrogen) atoms. The van der Waals surface area contributed by atoms with Gasteiger partial charge in [0.2, 0.25) is 5.91 Å². The number of anilines is 2. The maximum Gasteiger partial charge on any atom is 0.229 e. The fraction of sp³-hybridized carbons (Fsp3) is 0.368. The van der Waals surface area contributed by atoms with E-state index in [1.807, 2.05) is 49.5 Å². The Bertz CT molecular complexity index is 691. The number of nitrogens with one attached hydrogen (secondary N) is 1. The van der Waals surface area contributed by atoms with Gasteiger partial charge in [0, 0.05) is 26.2 Å². The molecule has 1 aliphatic heterocycles. The maximum atomic E-state index is 12.2. The van der Waals surface area contributed by atoms with E-state index in [-0.39, 0.29) is 5.91 Å². The van der Waals surface area contributed by atoms with Crippen molar-refractivity contribution in [2.24, 2.45) is 0 Å². The summed E-state index contributed by atoms with van der Waals surface area (Å²) in [7, 11) is 2.14. The van der Waals surface area contributed by atoms with Gasteiger partial charge in [0.25, 0.3) is 0 Å². The predicted molar refractivity (Wildman–Crippen MR) is 97.5 cm³/mol. The highest BCUT2D eigenvalue weighted by Gasteiger charge is 2.14. The molecule has 3 rings (SSSR count). The topological polar surface area (TPSA) is 48.5 Å². The van der Waals surface area contributed by atoms with E-state index in [0.717, 1.165) is 43.0 Å². The summed E-state index contributed by atoms with van der Waals surface area (Å²) in [6, 6.07) is 11.9. The molecule has 1 aliphatic rings. The molecule has 0 atom stereocenters. The minimum Gasteiger partial charge on any atom is -0.368 e. The number of aryl methyl sites for hydroxylation is 1. The lowest BCUT2D eigenvalue weighted by Crippen LogP contribution is -2.44. The molecule has 0 spiro atoms. The molecule has 5 nitrogen and oxygen atoms in total. The van der Waals surface area contributed by atoms with Crippen LogP contribution in [-0.2, 0) is 11.2 Å². The number of likely N-dealkylation sites (N-methyl/N-ethyl adjacent to an activating group) is 1. The molecule has 2 aromatic rings. The van der Waals surface area contributed by atoms with Gasteiger partial charge in [-0.1, -0.05) is 24.3 Å². The number of amides is 1. The van der Waals surface area contributed by atoms with Crippen LogP contribution in [-0.4, -0.2) is 49.0 Å². The highest BCUT2D eigenvalue weighted by molar-refractivity contribution is 5.91. The maximum absolute atomic E-state index is 12.2. The number of piperazine rings is 1. The van der Waals surface area contributed by atoms with E-state index in [2.05, 4.69) is 27.1 Å². The third-order valence-electron chi connectivity index (χ3n) is 4.50. The minimum absolute atomic E-state index is 0.0378. The largest absolute Gasteiger partial charge is 0.368 e. The van der Waals surface area contributed by atoms with Crippen LogP contribution in [0.4, 0.5) is 11.5 Å². The summed E-state index contributed by atoms with van der Waals surface area (Å²) in [6.07, 6.45) is 2.21. The average Bonchev–Trinajstić information content (AvgIpc) is 2.58. The number of carbonyl (C=O) groups excluding carboxylic acids is 1. The van der Waals surface area contributed by atoms with Gasteiger partial charge in [-0.25, -0.2) is 4.98 Å². The Kier molecular flexibility index (Phi) is 5.11. The molecule has 1 amide bonds. The third kappa shape index (κ3) is 4.11. The van der Waals surface area contributed by atoms with E-state index >= 15 is 0 Å². The molecule has 1 aromatic heterocycles. The van der Waals surface area contributed by atoms with Crippen LogP contribution < -0.4 is 10.2 Å². The fourth-order valence-electron chi connectivity index (χ4n) is 2.88. The number of nitrogens with zero attached hydrogens (tertiary/aromatic N) is 3. The summed E-state index contributed by atoms with van der Waals surface area (Å²) in [6.45, 7) is 6.17. The lowest BCUT2D eigenvalue weighted by Gasteiger charge is -2.33. The minimum atomic E-state index is -0.0378. The van der Waals surface area contributed by atoms with Crippen LogP contribution in [0, 0.1) is 6.92 Å². The second kappa shape index (κ2) is 7.45. The molecular weight excluding hydrogens is 300 g/mol. The van der Waals surface area contributed by atoms with Gasteiger partial charge >= 0.3 is 0 Å². The highest BCUT2D eigenvalue weighted by Crippen LogP contribution is 2.17. The molecule has 0 bridgehead atoms. The van der Waals surface area contributed by atoms with Gasteiger partial charge in [-0.05, 0) is 37.2 Å². The van der Waals surface area contributed by atoms with Crippen molar-refractivity contribution in [1.29, 1.82) is 0 Å². The molecule has 0 unspecified atom stereocenters. The van der Waals surface area contributed by atoms with Crippen molar-refractivity contribution in [1.82, 2.24) is 9.88 Å². The van der Waals surface area contributed by atoms with Crippen LogP contribution in [0.15, 0.2) is 42.6 Å². The van der Waals surface area contributed by atoms with Gasteiger partial charge in [0.1, 0.15) is 5.82 Å². The van der Waals surface area contributed by atoms with E-state index in [4.69, 9.17) is 0 Å². The molecule has 126 valence electrons. The Morgan fingerprint density at radius 2 is 1.88 bits per heavy atom. The Hall–Kier alpha value is -2.40. The van der Waals surface area contributed by atoms with E-state index in [1.54, 1.807) is 0 Å². The standard InChI is InChI=1S/C19H24N4O/c1-15-5-3-4-6-16(15)13-19(24)21-18-8-7-17(14-20-18)23-11-9-22(2)10-12-23/h3-8,14H,9-13H2,1-2H3,(H,20,21,24). The molecule has 1 N–H and O–H groups in total. The zero-order chi connectivity index (χ0) is 16.9. The molecule has 0 saturated carbocycles. The lowest BCUT2D eigenvalue weighted by atomic mass is 10.1. The summed E-state index contributed by atoms with van der Waals surface area (Å²) in [5.74, 6) is 0.565. The summed E-state index contributed by atoms with van der Waals surface area (Å²) in [4.78, 5) is 21.2. The summed E-state index contributed by atoms with van der Waals surface area (Å²) in [5, 5.41) is 2.88. The Balaban J connectivity index is 1.58. The molecule has 0 radical (unpaired) electrons. The smallest absolute Gasteiger partial charge is 0.229 e. The van der Waals surface area contributed by atoms with Crippen molar-refractivity contribution in [3.8, 4) is 0 Å². The first-order valence-corrected chi connectivity index (χ1v) is 8.36. The molecule has 5 heteroatoms. The van der Waals surface area contributed by atoms with Gasteiger partial charge in [0.05, 0.1) is 18.3 Å². The van der Waals surface area contributed by atoms with E-state index in [9.17, 15) is 4.79 Å². The molecule has 1 aromatic carbocycles. The third-order valence-corrected chi connectivity index (χ3v) is 4.50. The normalized spacial score (nSPS) is 15.3. The van der Waals surface area contributed by atoms with Gasteiger partial charge in [-0.15, -0.1) is 0 Å². The molecule has 2 heterocycles. The van der Waals surface area contributed by atoms with Gasteiger partial charge < -0.3 is 15.1 Å². The molecular formula is C19H24N4O. The number of hydrogen-bond donors (Lipinski definition) is 1. The van der Waals surface area contributed by atoms with Crippen LogP contribution in [0.25, 0.3) is 0 Å². The van der Waals surface area contributed by atoms with Gasteiger partial charge in [-0.3, -0.25) is 4.79 Å². The number of rotatable bonds is 4. The predicted octanol–water partition coefficient (Wildman–Crippen LogP) is 2.32. The van der Waals surface area contributed by atoms with Crippen LogP contribution in [0.1, 0.15) is 11.1 Å². The van der Waals surface area contributed by atoms with Gasteiger partial charge in [0.15, 0.2) is 0 Å². The molecule has 1 fully saturated rings. The van der Waals surface area contributed by atoms with Crippen molar-refractivity contribution in [3.05, 3.63) is 53.7 Å². The number of aromatic nitrogens is 1. The zero-order valence-electron chi connectivity index (χ0n) is 14.3. The Morgan fingerprint density at radius 3 is 2.54 bits per heavy atom. The van der Waals surface area contributed by atoms with Crippen LogP contribution in [0.3, 0.4) is 0 Å². The number of pyridine rings is 1. The van der Waals surface area contributed by atoms with Crippen molar-refractivity contribution < 1.29 is 4.79 Å². The van der Waals surface area contributed by atoms with Crippen molar-refractivity contribution >= 4 is 17.4 Å². The number of carbonyl (C=O) groups is 1. The molecule has 1 saturated heterocycles. The fourth-order valence-corrected chi connectivity index (χ4v) is 2.88. The first kappa shape index (κ1) is 16.5. The van der Waals surface area contributed by atoms with E-state index in [1.165, 1.54) is 0 Å². The van der Waals surface area contributed by atoms with E-state index < -0.39 is 0 Å². The van der Waals surface area contributed by atoms with Crippen LogP contribution in [0.5, 0.6) is 0 Å². The SMILES string of the molecule is Cc1ccccc1CC(=O)Nc1ccc(N2CCN(C)CC2)cn1. The lowest BCUT2D eigenvalue weighted by molar-refractivity contribution is -0.115. The van der Waals surface area contributed by atoms with Crippen LogP contribution in [0.2, 0.25) is 0 Å². The molecule has 0 aliphatic carbocycles. The van der Waals surface area contributed by atoms with Crippen molar-refractivity contribution in [2.45, 2.75) is 13.3 Å². The van der Waals surface area contributed by atoms with Crippen molar-refractivity contribution in [2.75, 3.05) is 43.4 Å². The summed E-state index contributed by atoms with van der Waals surface area (Å²) >= 11 is 0. The Labute approximate surface area is 143 Å². The van der Waals surface area contributed by atoms with Crippen molar-refractivity contribution in [3.63, 3.8) is 0 Å². The van der Waals surface area contributed by atoms with E-state index in [0.29, 0.717) is 12.2 Å².